The van der Waals surface area contributed by atoms with Gasteiger partial charge in [0.1, 0.15) is 28.9 Å². The van der Waals surface area contributed by atoms with E-state index in [2.05, 4.69) is 11.0 Å². The van der Waals surface area contributed by atoms with E-state index >= 15 is 0 Å². The molecule has 1 saturated heterocycles. The van der Waals surface area contributed by atoms with Crippen molar-refractivity contribution >= 4 is 11.5 Å². The first kappa shape index (κ1) is 17.1. The molecular formula is C20H23NO4. The highest BCUT2D eigenvalue weighted by atomic mass is 16.5. The van der Waals surface area contributed by atoms with Gasteiger partial charge in [0.05, 0.1) is 13.7 Å². The maximum Gasteiger partial charge on any atom is 0.167 e. The zero-order valence-electron chi connectivity index (χ0n) is 14.6. The van der Waals surface area contributed by atoms with Crippen molar-refractivity contribution in [3.63, 3.8) is 0 Å². The first-order valence-corrected chi connectivity index (χ1v) is 8.47. The minimum Gasteiger partial charge on any atom is -0.507 e. The minimum absolute atomic E-state index is 0.0366. The number of Topliss-reactive ketones (excluding diaryl/α,β-unsaturated/α-hetero) is 1. The maximum absolute atomic E-state index is 11.8. The highest BCUT2D eigenvalue weighted by Gasteiger charge is 2.24. The van der Waals surface area contributed by atoms with Crippen LogP contribution in [0.3, 0.4) is 0 Å². The van der Waals surface area contributed by atoms with Gasteiger partial charge in [0, 0.05) is 18.3 Å². The van der Waals surface area contributed by atoms with E-state index in [1.807, 2.05) is 18.2 Å². The van der Waals surface area contributed by atoms with Crippen LogP contribution in [0, 0.1) is 0 Å². The van der Waals surface area contributed by atoms with Crippen molar-refractivity contribution in [3.05, 3.63) is 48.0 Å². The summed E-state index contributed by atoms with van der Waals surface area (Å²) in [5.74, 6) is 1.04. The van der Waals surface area contributed by atoms with E-state index in [-0.39, 0.29) is 23.2 Å². The SMILES string of the molecule is COc1cccc(N2CCCC(Oc3cccc(O)c3C(C)=O)C2)c1. The summed E-state index contributed by atoms with van der Waals surface area (Å²) in [5.41, 5.74) is 1.34. The van der Waals surface area contributed by atoms with Crippen LogP contribution in [0.15, 0.2) is 42.5 Å². The Labute approximate surface area is 147 Å². The Bertz CT molecular complexity index is 759. The molecule has 0 aromatic heterocycles. The van der Waals surface area contributed by atoms with Gasteiger partial charge in [0.2, 0.25) is 0 Å². The predicted octanol–water partition coefficient (Wildman–Crippen LogP) is 3.65. The van der Waals surface area contributed by atoms with Gasteiger partial charge < -0.3 is 19.5 Å². The normalized spacial score (nSPS) is 17.2. The number of piperidine rings is 1. The molecule has 0 saturated carbocycles. The van der Waals surface area contributed by atoms with E-state index < -0.39 is 0 Å². The summed E-state index contributed by atoms with van der Waals surface area (Å²) in [6.07, 6.45) is 1.86. The zero-order valence-corrected chi connectivity index (χ0v) is 14.6. The van der Waals surface area contributed by atoms with E-state index in [4.69, 9.17) is 9.47 Å². The van der Waals surface area contributed by atoms with Crippen LogP contribution in [0.1, 0.15) is 30.1 Å². The Morgan fingerprint density at radius 1 is 1.24 bits per heavy atom. The van der Waals surface area contributed by atoms with Crippen LogP contribution in [0.25, 0.3) is 0 Å². The fraction of sp³-hybridized carbons (Fsp3) is 0.350. The number of rotatable bonds is 5. The molecule has 0 spiro atoms. The standard InChI is InChI=1S/C20H23NO4/c1-14(22)20-18(23)9-4-10-19(20)25-17-8-5-11-21(13-17)15-6-3-7-16(12-15)24-2/h3-4,6-7,9-10,12,17,23H,5,8,11,13H2,1-2H3. The molecule has 3 rings (SSSR count). The topological polar surface area (TPSA) is 59.0 Å². The fourth-order valence-electron chi connectivity index (χ4n) is 3.23. The van der Waals surface area contributed by atoms with Crippen molar-refractivity contribution in [3.8, 4) is 17.2 Å². The van der Waals surface area contributed by atoms with Crippen molar-refractivity contribution in [1.29, 1.82) is 0 Å². The number of carbonyl (C=O) groups excluding carboxylic acids is 1. The molecule has 0 amide bonds. The molecule has 1 heterocycles. The summed E-state index contributed by atoms with van der Waals surface area (Å²) in [5, 5.41) is 9.95. The molecule has 2 aromatic carbocycles. The van der Waals surface area contributed by atoms with Gasteiger partial charge >= 0.3 is 0 Å². The van der Waals surface area contributed by atoms with Gasteiger partial charge in [-0.1, -0.05) is 12.1 Å². The lowest BCUT2D eigenvalue weighted by Crippen LogP contribution is -2.41. The first-order chi connectivity index (χ1) is 12.1. The van der Waals surface area contributed by atoms with E-state index in [9.17, 15) is 9.90 Å². The number of anilines is 1. The molecule has 132 valence electrons. The molecular weight excluding hydrogens is 318 g/mol. The summed E-state index contributed by atoms with van der Waals surface area (Å²) in [7, 11) is 1.66. The number of methoxy groups -OCH3 is 1. The van der Waals surface area contributed by atoms with Crippen LogP contribution in [0.5, 0.6) is 17.2 Å². The molecule has 1 atom stereocenters. The second-order valence-corrected chi connectivity index (χ2v) is 6.24. The first-order valence-electron chi connectivity index (χ1n) is 8.47. The van der Waals surface area contributed by atoms with Gasteiger partial charge in [-0.15, -0.1) is 0 Å². The van der Waals surface area contributed by atoms with Gasteiger partial charge in [0.25, 0.3) is 0 Å². The highest BCUT2D eigenvalue weighted by Crippen LogP contribution is 2.31. The second-order valence-electron chi connectivity index (χ2n) is 6.24. The third-order valence-corrected chi connectivity index (χ3v) is 4.45. The Morgan fingerprint density at radius 2 is 2.04 bits per heavy atom. The molecule has 5 heteroatoms. The predicted molar refractivity (Wildman–Crippen MR) is 97.0 cm³/mol. The number of phenolic OH excluding ortho intramolecular Hbond substituents is 1. The Balaban J connectivity index is 1.76. The number of carbonyl (C=O) groups is 1. The number of ketones is 1. The van der Waals surface area contributed by atoms with Crippen molar-refractivity contribution < 1.29 is 19.4 Å². The molecule has 1 unspecified atom stereocenters. The average Bonchev–Trinajstić information content (AvgIpc) is 2.62. The van der Waals surface area contributed by atoms with E-state index in [0.29, 0.717) is 5.75 Å². The van der Waals surface area contributed by atoms with Gasteiger partial charge in [-0.25, -0.2) is 0 Å². The largest absolute Gasteiger partial charge is 0.507 e. The lowest BCUT2D eigenvalue weighted by Gasteiger charge is -2.35. The summed E-state index contributed by atoms with van der Waals surface area (Å²) < 4.78 is 11.4. The van der Waals surface area contributed by atoms with Crippen LogP contribution in [-0.4, -0.2) is 37.2 Å². The lowest BCUT2D eigenvalue weighted by molar-refractivity contribution is 0.100. The number of hydrogen-bond donors (Lipinski definition) is 1. The zero-order chi connectivity index (χ0) is 17.8. The number of nitrogens with zero attached hydrogens (tertiary/aromatic N) is 1. The van der Waals surface area contributed by atoms with Gasteiger partial charge in [-0.3, -0.25) is 4.79 Å². The quantitative estimate of drug-likeness (QED) is 0.841. The molecule has 25 heavy (non-hydrogen) atoms. The van der Waals surface area contributed by atoms with Crippen molar-refractivity contribution in [2.75, 3.05) is 25.1 Å². The number of aromatic hydroxyl groups is 1. The highest BCUT2D eigenvalue weighted by molar-refractivity contribution is 5.99. The molecule has 0 radical (unpaired) electrons. The molecule has 2 aromatic rings. The Hall–Kier alpha value is -2.69. The van der Waals surface area contributed by atoms with Crippen molar-refractivity contribution in [2.24, 2.45) is 0 Å². The third-order valence-electron chi connectivity index (χ3n) is 4.45. The van der Waals surface area contributed by atoms with Crippen LogP contribution in [-0.2, 0) is 0 Å². The van der Waals surface area contributed by atoms with Crippen LogP contribution in [0.4, 0.5) is 5.69 Å². The molecule has 1 N–H and O–H groups in total. The smallest absolute Gasteiger partial charge is 0.167 e. The Kier molecular flexibility index (Phi) is 5.12. The van der Waals surface area contributed by atoms with Crippen LogP contribution >= 0.6 is 0 Å². The fourth-order valence-corrected chi connectivity index (χ4v) is 3.23. The number of ether oxygens (including phenoxy) is 2. The monoisotopic (exact) mass is 341 g/mol. The molecule has 0 bridgehead atoms. The van der Waals surface area contributed by atoms with Crippen LogP contribution in [0.2, 0.25) is 0 Å². The molecule has 1 aliphatic heterocycles. The van der Waals surface area contributed by atoms with Gasteiger partial charge in [-0.2, -0.15) is 0 Å². The third kappa shape index (κ3) is 3.87. The lowest BCUT2D eigenvalue weighted by atomic mass is 10.1. The van der Waals surface area contributed by atoms with Gasteiger partial charge in [-0.05, 0) is 44.0 Å². The summed E-state index contributed by atoms with van der Waals surface area (Å²) in [6, 6.07) is 12.9. The summed E-state index contributed by atoms with van der Waals surface area (Å²) >= 11 is 0. The second kappa shape index (κ2) is 7.47. The molecule has 1 fully saturated rings. The maximum atomic E-state index is 11.8. The molecule has 1 aliphatic rings. The average molecular weight is 341 g/mol. The summed E-state index contributed by atoms with van der Waals surface area (Å²) in [6.45, 7) is 3.11. The van der Waals surface area contributed by atoms with E-state index in [1.54, 1.807) is 19.2 Å². The van der Waals surface area contributed by atoms with Gasteiger partial charge in [0.15, 0.2) is 5.78 Å². The number of phenols is 1. The summed E-state index contributed by atoms with van der Waals surface area (Å²) in [4.78, 5) is 14.1. The van der Waals surface area contributed by atoms with Crippen molar-refractivity contribution in [1.82, 2.24) is 0 Å². The Morgan fingerprint density at radius 3 is 2.80 bits per heavy atom. The van der Waals surface area contributed by atoms with E-state index in [0.717, 1.165) is 37.4 Å². The van der Waals surface area contributed by atoms with E-state index in [1.165, 1.54) is 13.0 Å². The molecule has 0 aliphatic carbocycles. The number of hydrogen-bond acceptors (Lipinski definition) is 5. The number of benzene rings is 2. The van der Waals surface area contributed by atoms with Crippen LogP contribution < -0.4 is 14.4 Å². The van der Waals surface area contributed by atoms with Crippen molar-refractivity contribution in [2.45, 2.75) is 25.9 Å². The minimum atomic E-state index is -0.200. The molecule has 5 nitrogen and oxygen atoms in total.